The van der Waals surface area contributed by atoms with Gasteiger partial charge in [-0.15, -0.1) is 11.3 Å². The van der Waals surface area contributed by atoms with Crippen LogP contribution in [-0.2, 0) is 28.9 Å². The quantitative estimate of drug-likeness (QED) is 0.550. The molecule has 1 aromatic carbocycles. The minimum absolute atomic E-state index is 0.197. The number of aliphatic hydroxyl groups is 2. The highest BCUT2D eigenvalue weighted by atomic mass is 32.1. The minimum atomic E-state index is -1.12. The Morgan fingerprint density at radius 3 is 2.94 bits per heavy atom. The zero-order chi connectivity index (χ0) is 23.1. The molecule has 0 spiro atoms. The summed E-state index contributed by atoms with van der Waals surface area (Å²) in [4.78, 5) is 27.0. The number of hydrogen-bond acceptors (Lipinski definition) is 8. The van der Waals surface area contributed by atoms with Crippen LogP contribution in [0.15, 0.2) is 24.3 Å². The molecule has 10 heteroatoms. The Morgan fingerprint density at radius 1 is 1.41 bits per heavy atom. The van der Waals surface area contributed by atoms with Gasteiger partial charge in [0.2, 0.25) is 5.91 Å². The van der Waals surface area contributed by atoms with Crippen molar-refractivity contribution >= 4 is 28.3 Å². The first kappa shape index (κ1) is 23.5. The van der Waals surface area contributed by atoms with Crippen LogP contribution in [0.5, 0.6) is 5.75 Å². The summed E-state index contributed by atoms with van der Waals surface area (Å²) in [5.74, 6) is 0.534. The van der Waals surface area contributed by atoms with E-state index in [1.807, 2.05) is 24.3 Å². The number of benzene rings is 1. The molecule has 0 aliphatic carbocycles. The van der Waals surface area contributed by atoms with E-state index in [1.54, 1.807) is 7.11 Å². The molecule has 0 radical (unpaired) electrons. The van der Waals surface area contributed by atoms with E-state index in [-0.39, 0.29) is 25.5 Å². The number of carbonyl (C=O) groups is 2. The number of nitrogens with one attached hydrogen (secondary N) is 1. The number of rotatable bonds is 8. The molecule has 0 bridgehead atoms. The standard InChI is InChI=1S/C22H25N3O6S/c1-30-16-4-2-3-14(9-16)5-6-20(28)24-21-18(10-23)17-7-8-25(11-19(17)32-21)22(29)31-13-15(27)12-26/h2-4,9,15,26-27H,5-8,11-13H2,1H3,(H,24,28). The lowest BCUT2D eigenvalue weighted by molar-refractivity contribution is -0.116. The first-order valence-electron chi connectivity index (χ1n) is 10.1. The summed E-state index contributed by atoms with van der Waals surface area (Å²) in [6.07, 6.45) is -0.461. The molecule has 0 saturated carbocycles. The SMILES string of the molecule is COc1cccc(CCC(=O)Nc2sc3c(c2C#N)CCN(C(=O)OCC(O)CO)C3)c1. The lowest BCUT2D eigenvalue weighted by atomic mass is 10.0. The van der Waals surface area contributed by atoms with E-state index in [1.165, 1.54) is 16.2 Å². The van der Waals surface area contributed by atoms with Crippen LogP contribution in [0.1, 0.15) is 28.0 Å². The van der Waals surface area contributed by atoms with E-state index in [2.05, 4.69) is 11.4 Å². The molecule has 1 atom stereocenters. The Morgan fingerprint density at radius 2 is 2.22 bits per heavy atom. The van der Waals surface area contributed by atoms with Crippen molar-refractivity contribution in [2.75, 3.05) is 32.2 Å². The van der Waals surface area contributed by atoms with Crippen LogP contribution < -0.4 is 10.1 Å². The number of carbonyl (C=O) groups excluding carboxylic acids is 2. The largest absolute Gasteiger partial charge is 0.497 e. The van der Waals surface area contributed by atoms with Gasteiger partial charge in [-0.25, -0.2) is 4.79 Å². The number of hydrogen-bond donors (Lipinski definition) is 3. The molecule has 1 aliphatic rings. The average Bonchev–Trinajstić information content (AvgIpc) is 3.16. The number of nitrogens with zero attached hydrogens (tertiary/aromatic N) is 2. The number of fused-ring (bicyclic) bond motifs is 1. The molecule has 2 amide bonds. The van der Waals surface area contributed by atoms with Gasteiger partial charge in [0.05, 0.1) is 25.8 Å². The second-order valence-corrected chi connectivity index (χ2v) is 8.41. The van der Waals surface area contributed by atoms with E-state index < -0.39 is 18.8 Å². The number of anilines is 1. The summed E-state index contributed by atoms with van der Waals surface area (Å²) in [5.41, 5.74) is 2.24. The van der Waals surface area contributed by atoms with Crippen molar-refractivity contribution in [1.29, 1.82) is 5.26 Å². The molecule has 0 saturated heterocycles. The van der Waals surface area contributed by atoms with Gasteiger partial charge in [0.15, 0.2) is 0 Å². The molecule has 1 aliphatic heterocycles. The van der Waals surface area contributed by atoms with E-state index >= 15 is 0 Å². The van der Waals surface area contributed by atoms with Crippen LogP contribution in [0.2, 0.25) is 0 Å². The van der Waals surface area contributed by atoms with Gasteiger partial charge in [-0.3, -0.25) is 4.79 Å². The maximum Gasteiger partial charge on any atom is 0.410 e. The van der Waals surface area contributed by atoms with Crippen molar-refractivity contribution in [3.8, 4) is 11.8 Å². The fraction of sp³-hybridized carbons (Fsp3) is 0.409. The Hall–Kier alpha value is -3.13. The molecule has 1 aromatic heterocycles. The topological polar surface area (TPSA) is 132 Å². The number of aryl methyl sites for hydroxylation is 1. The summed E-state index contributed by atoms with van der Waals surface area (Å²) in [7, 11) is 1.59. The number of aliphatic hydroxyl groups excluding tert-OH is 2. The average molecular weight is 460 g/mol. The molecule has 32 heavy (non-hydrogen) atoms. The molecule has 0 fully saturated rings. The third kappa shape index (κ3) is 5.76. The summed E-state index contributed by atoms with van der Waals surface area (Å²) < 4.78 is 10.2. The predicted octanol–water partition coefficient (Wildman–Crippen LogP) is 2.05. The highest BCUT2D eigenvalue weighted by Crippen LogP contribution is 2.37. The molecule has 3 rings (SSSR count). The molecule has 3 N–H and O–H groups in total. The lowest BCUT2D eigenvalue weighted by Crippen LogP contribution is -2.37. The van der Waals surface area contributed by atoms with Gasteiger partial charge in [0.1, 0.15) is 29.5 Å². The maximum atomic E-state index is 12.5. The van der Waals surface area contributed by atoms with Crippen molar-refractivity contribution < 1.29 is 29.3 Å². The smallest absolute Gasteiger partial charge is 0.410 e. The first-order valence-corrected chi connectivity index (χ1v) is 10.9. The van der Waals surface area contributed by atoms with Crippen molar-refractivity contribution in [2.24, 2.45) is 0 Å². The van der Waals surface area contributed by atoms with Crippen LogP contribution in [0.3, 0.4) is 0 Å². The Bertz CT molecular complexity index is 1020. The number of nitriles is 1. The molecule has 1 unspecified atom stereocenters. The van der Waals surface area contributed by atoms with Gasteiger partial charge in [-0.2, -0.15) is 5.26 Å². The Labute approximate surface area is 189 Å². The minimum Gasteiger partial charge on any atom is -0.497 e. The van der Waals surface area contributed by atoms with E-state index in [0.717, 1.165) is 21.8 Å². The fourth-order valence-electron chi connectivity index (χ4n) is 3.35. The van der Waals surface area contributed by atoms with E-state index in [4.69, 9.17) is 14.6 Å². The molecule has 170 valence electrons. The van der Waals surface area contributed by atoms with Crippen molar-refractivity contribution in [3.63, 3.8) is 0 Å². The normalized spacial score (nSPS) is 13.6. The second-order valence-electron chi connectivity index (χ2n) is 7.30. The van der Waals surface area contributed by atoms with Crippen LogP contribution in [0, 0.1) is 11.3 Å². The van der Waals surface area contributed by atoms with Crippen LogP contribution in [0.4, 0.5) is 9.80 Å². The molecular weight excluding hydrogens is 434 g/mol. The molecular formula is C22H25N3O6S. The highest BCUT2D eigenvalue weighted by molar-refractivity contribution is 7.16. The Balaban J connectivity index is 1.61. The second kappa shape index (κ2) is 10.9. The summed E-state index contributed by atoms with van der Waals surface area (Å²) in [5, 5.41) is 31.1. The van der Waals surface area contributed by atoms with Crippen molar-refractivity contribution in [1.82, 2.24) is 4.90 Å². The fourth-order valence-corrected chi connectivity index (χ4v) is 4.58. The van der Waals surface area contributed by atoms with E-state index in [0.29, 0.717) is 30.0 Å². The predicted molar refractivity (Wildman–Crippen MR) is 118 cm³/mol. The lowest BCUT2D eigenvalue weighted by Gasteiger charge is -2.26. The molecule has 2 heterocycles. The van der Waals surface area contributed by atoms with Crippen LogP contribution in [-0.4, -0.2) is 60.1 Å². The summed E-state index contributed by atoms with van der Waals surface area (Å²) in [6.45, 7) is -0.173. The zero-order valence-corrected chi connectivity index (χ0v) is 18.5. The highest BCUT2D eigenvalue weighted by Gasteiger charge is 2.28. The summed E-state index contributed by atoms with van der Waals surface area (Å²) in [6, 6.07) is 9.69. The molecule has 9 nitrogen and oxygen atoms in total. The number of thiophene rings is 1. The van der Waals surface area contributed by atoms with Crippen LogP contribution in [0.25, 0.3) is 0 Å². The van der Waals surface area contributed by atoms with Gasteiger partial charge in [0.25, 0.3) is 0 Å². The zero-order valence-electron chi connectivity index (χ0n) is 17.7. The monoisotopic (exact) mass is 459 g/mol. The van der Waals surface area contributed by atoms with Crippen molar-refractivity contribution in [2.45, 2.75) is 31.9 Å². The number of methoxy groups -OCH3 is 1. The molecule has 2 aromatic rings. The first-order chi connectivity index (χ1) is 15.4. The van der Waals surface area contributed by atoms with Gasteiger partial charge >= 0.3 is 6.09 Å². The summed E-state index contributed by atoms with van der Waals surface area (Å²) >= 11 is 1.28. The van der Waals surface area contributed by atoms with E-state index in [9.17, 15) is 20.0 Å². The Kier molecular flexibility index (Phi) is 8.05. The number of ether oxygens (including phenoxy) is 2. The third-order valence-electron chi connectivity index (χ3n) is 5.06. The van der Waals surface area contributed by atoms with Gasteiger partial charge < -0.3 is 29.9 Å². The van der Waals surface area contributed by atoms with Gasteiger partial charge in [-0.1, -0.05) is 12.1 Å². The third-order valence-corrected chi connectivity index (χ3v) is 6.20. The van der Waals surface area contributed by atoms with Gasteiger partial charge in [-0.05, 0) is 36.1 Å². The van der Waals surface area contributed by atoms with Gasteiger partial charge in [0, 0.05) is 17.8 Å². The van der Waals surface area contributed by atoms with Crippen LogP contribution >= 0.6 is 11.3 Å². The maximum absolute atomic E-state index is 12.5. The van der Waals surface area contributed by atoms with Crippen molar-refractivity contribution in [3.05, 3.63) is 45.8 Å². The number of amides is 2.